The lowest BCUT2D eigenvalue weighted by atomic mass is 10.1. The highest BCUT2D eigenvalue weighted by Gasteiger charge is 2.36. The minimum atomic E-state index is -1.06. The average molecular weight is 459 g/mol. The predicted octanol–water partition coefficient (Wildman–Crippen LogP) is 5.67. The topological polar surface area (TPSA) is 68.2 Å². The summed E-state index contributed by atoms with van der Waals surface area (Å²) in [6.07, 6.45) is 1.00. The zero-order chi connectivity index (χ0) is 22.0. The number of thioether (sulfide) groups is 1. The molecule has 0 radical (unpaired) electrons. The van der Waals surface area contributed by atoms with Gasteiger partial charge in [0.05, 0.1) is 5.69 Å². The molecule has 0 aliphatic carbocycles. The summed E-state index contributed by atoms with van der Waals surface area (Å²) in [6, 6.07) is 11.2. The first-order chi connectivity index (χ1) is 15.0. The molecule has 1 atom stereocenters. The third-order valence-corrected chi connectivity index (χ3v) is 5.96. The quantitative estimate of drug-likeness (QED) is 0.362. The number of unbranched alkanes of at least 4 members (excludes halogenated alkanes) is 1. The van der Waals surface area contributed by atoms with E-state index >= 15 is 0 Å². The van der Waals surface area contributed by atoms with Gasteiger partial charge < -0.3 is 4.74 Å². The highest BCUT2D eigenvalue weighted by Crippen LogP contribution is 2.44. The number of nitrogens with zero attached hydrogens (tertiary/aromatic N) is 4. The normalized spacial score (nSPS) is 15.0. The largest absolute Gasteiger partial charge is 0.447 e. The SMILES string of the molecule is CCCCSc1nnc2c(n1)O[C@@H](c1ccccc1F)N(C(C)=O)c1ccc(Cl)cc1-2. The zero-order valence-electron chi connectivity index (χ0n) is 17.0. The molecule has 0 fully saturated rings. The first-order valence-electron chi connectivity index (χ1n) is 9.88. The molecule has 31 heavy (non-hydrogen) atoms. The highest BCUT2D eigenvalue weighted by atomic mass is 35.5. The number of carbonyl (C=O) groups is 1. The van der Waals surface area contributed by atoms with Gasteiger partial charge in [0.1, 0.15) is 5.82 Å². The standard InChI is InChI=1S/C22H20ClFN4O2S/c1-3-4-11-31-22-25-20-19(26-27-22)16-12-14(23)9-10-18(16)28(13(2)29)21(30-20)15-7-5-6-8-17(15)24/h5-10,12,21H,3-4,11H2,1-2H3/t21-/m0/s1. The Morgan fingerprint density at radius 3 is 2.81 bits per heavy atom. The van der Waals surface area contributed by atoms with E-state index in [1.54, 1.807) is 36.4 Å². The summed E-state index contributed by atoms with van der Waals surface area (Å²) in [5.74, 6) is 0.206. The van der Waals surface area contributed by atoms with E-state index in [9.17, 15) is 9.18 Å². The summed E-state index contributed by atoms with van der Waals surface area (Å²) >= 11 is 7.71. The van der Waals surface area contributed by atoms with Crippen LogP contribution in [-0.2, 0) is 4.79 Å². The summed E-state index contributed by atoms with van der Waals surface area (Å²) in [4.78, 5) is 18.6. The molecule has 1 aliphatic rings. The third kappa shape index (κ3) is 4.36. The lowest BCUT2D eigenvalue weighted by molar-refractivity contribution is -0.118. The third-order valence-electron chi connectivity index (χ3n) is 4.81. The van der Waals surface area contributed by atoms with Crippen molar-refractivity contribution >= 4 is 35.0 Å². The molecule has 2 aromatic carbocycles. The van der Waals surface area contributed by atoms with Crippen LogP contribution in [0.15, 0.2) is 47.6 Å². The Hall–Kier alpha value is -2.71. The van der Waals surface area contributed by atoms with Gasteiger partial charge in [0.15, 0.2) is 5.69 Å². The second-order valence-electron chi connectivity index (χ2n) is 6.99. The van der Waals surface area contributed by atoms with E-state index in [1.165, 1.54) is 29.7 Å². The van der Waals surface area contributed by atoms with Crippen LogP contribution in [0.1, 0.15) is 38.5 Å². The van der Waals surface area contributed by atoms with Crippen LogP contribution in [0.4, 0.5) is 10.1 Å². The van der Waals surface area contributed by atoms with E-state index in [0.29, 0.717) is 27.1 Å². The number of fused-ring (bicyclic) bond motifs is 3. The number of amides is 1. The summed E-state index contributed by atoms with van der Waals surface area (Å²) in [6.45, 7) is 3.51. The number of rotatable bonds is 5. The van der Waals surface area contributed by atoms with Crippen molar-refractivity contribution in [1.29, 1.82) is 0 Å². The van der Waals surface area contributed by atoms with Gasteiger partial charge in [0.2, 0.25) is 23.2 Å². The molecule has 1 aliphatic heterocycles. The van der Waals surface area contributed by atoms with E-state index in [0.717, 1.165) is 18.6 Å². The molecular weight excluding hydrogens is 439 g/mol. The lowest BCUT2D eigenvalue weighted by Crippen LogP contribution is -2.36. The minimum Gasteiger partial charge on any atom is -0.447 e. The van der Waals surface area contributed by atoms with Crippen LogP contribution in [-0.4, -0.2) is 26.8 Å². The molecule has 0 N–H and O–H groups in total. The van der Waals surface area contributed by atoms with Crippen LogP contribution in [0.25, 0.3) is 11.3 Å². The number of ether oxygens (including phenoxy) is 1. The Kier molecular flexibility index (Phi) is 6.38. The van der Waals surface area contributed by atoms with E-state index in [4.69, 9.17) is 16.3 Å². The van der Waals surface area contributed by atoms with Crippen LogP contribution in [0.5, 0.6) is 5.88 Å². The van der Waals surface area contributed by atoms with Gasteiger partial charge >= 0.3 is 0 Å². The summed E-state index contributed by atoms with van der Waals surface area (Å²) in [5.41, 5.74) is 1.60. The predicted molar refractivity (Wildman–Crippen MR) is 119 cm³/mol. The van der Waals surface area contributed by atoms with E-state index < -0.39 is 12.0 Å². The van der Waals surface area contributed by atoms with Crippen molar-refractivity contribution in [3.63, 3.8) is 0 Å². The molecule has 0 saturated carbocycles. The summed E-state index contributed by atoms with van der Waals surface area (Å²) in [7, 11) is 0. The number of anilines is 1. The Balaban J connectivity index is 1.90. The highest BCUT2D eigenvalue weighted by molar-refractivity contribution is 7.99. The Bertz CT molecular complexity index is 1130. The first kappa shape index (κ1) is 21.5. The van der Waals surface area contributed by atoms with Crippen LogP contribution >= 0.6 is 23.4 Å². The maximum atomic E-state index is 14.8. The second-order valence-corrected chi connectivity index (χ2v) is 8.49. The van der Waals surface area contributed by atoms with Crippen molar-refractivity contribution in [3.8, 4) is 17.1 Å². The van der Waals surface area contributed by atoms with Gasteiger partial charge in [-0.15, -0.1) is 10.2 Å². The van der Waals surface area contributed by atoms with Gasteiger partial charge in [-0.2, -0.15) is 4.98 Å². The molecule has 6 nitrogen and oxygen atoms in total. The van der Waals surface area contributed by atoms with Crippen LogP contribution in [0.2, 0.25) is 5.02 Å². The molecule has 3 aromatic rings. The Labute approximate surface area is 188 Å². The van der Waals surface area contributed by atoms with Crippen molar-refractivity contribution in [2.75, 3.05) is 10.7 Å². The van der Waals surface area contributed by atoms with Crippen molar-refractivity contribution < 1.29 is 13.9 Å². The number of aromatic nitrogens is 3. The molecule has 160 valence electrons. The number of benzene rings is 2. The van der Waals surface area contributed by atoms with Gasteiger partial charge in [-0.05, 0) is 30.7 Å². The maximum Gasteiger partial charge on any atom is 0.247 e. The fraction of sp³-hybridized carbons (Fsp3) is 0.273. The molecule has 0 spiro atoms. The first-order valence-corrected chi connectivity index (χ1v) is 11.2. The van der Waals surface area contributed by atoms with Crippen molar-refractivity contribution in [3.05, 3.63) is 58.9 Å². The smallest absolute Gasteiger partial charge is 0.247 e. The fourth-order valence-corrected chi connectivity index (χ4v) is 4.36. The molecule has 0 bridgehead atoms. The fourth-order valence-electron chi connectivity index (χ4n) is 3.32. The molecule has 0 saturated heterocycles. The van der Waals surface area contributed by atoms with Gasteiger partial charge in [-0.3, -0.25) is 9.69 Å². The minimum absolute atomic E-state index is 0.175. The summed E-state index contributed by atoms with van der Waals surface area (Å²) < 4.78 is 20.9. The molecule has 9 heteroatoms. The molecule has 2 heterocycles. The lowest BCUT2D eigenvalue weighted by Gasteiger charge is -2.30. The molecule has 0 unspecified atom stereocenters. The van der Waals surface area contributed by atoms with Gasteiger partial charge in [0.25, 0.3) is 0 Å². The van der Waals surface area contributed by atoms with Crippen molar-refractivity contribution in [2.45, 2.75) is 38.1 Å². The van der Waals surface area contributed by atoms with Gasteiger partial charge in [-0.25, -0.2) is 4.39 Å². The van der Waals surface area contributed by atoms with E-state index in [1.807, 2.05) is 0 Å². The Morgan fingerprint density at radius 2 is 2.06 bits per heavy atom. The molecule has 1 amide bonds. The number of hydrogen-bond acceptors (Lipinski definition) is 6. The summed E-state index contributed by atoms with van der Waals surface area (Å²) in [5, 5.41) is 9.47. The number of halogens is 2. The molecule has 4 rings (SSSR count). The van der Waals surface area contributed by atoms with Gasteiger partial charge in [-0.1, -0.05) is 54.9 Å². The number of hydrogen-bond donors (Lipinski definition) is 0. The second kappa shape index (κ2) is 9.20. The molecular formula is C22H20ClFN4O2S. The maximum absolute atomic E-state index is 14.8. The van der Waals surface area contributed by atoms with Crippen molar-refractivity contribution in [2.24, 2.45) is 0 Å². The van der Waals surface area contributed by atoms with Crippen molar-refractivity contribution in [1.82, 2.24) is 15.2 Å². The van der Waals surface area contributed by atoms with E-state index in [2.05, 4.69) is 22.1 Å². The Morgan fingerprint density at radius 1 is 1.26 bits per heavy atom. The van der Waals surface area contributed by atoms with Gasteiger partial charge in [0, 0.05) is 28.8 Å². The number of carbonyl (C=O) groups excluding carboxylic acids is 1. The zero-order valence-corrected chi connectivity index (χ0v) is 18.6. The van der Waals surface area contributed by atoms with Crippen LogP contribution in [0, 0.1) is 5.82 Å². The van der Waals surface area contributed by atoms with Crippen LogP contribution < -0.4 is 9.64 Å². The van der Waals surface area contributed by atoms with Crippen LogP contribution in [0.3, 0.4) is 0 Å². The average Bonchev–Trinajstić information content (AvgIpc) is 2.88. The van der Waals surface area contributed by atoms with E-state index in [-0.39, 0.29) is 17.4 Å². The molecule has 1 aromatic heterocycles. The monoisotopic (exact) mass is 458 g/mol.